The van der Waals surface area contributed by atoms with Crippen LogP contribution in [-0.4, -0.2) is 44.7 Å². The summed E-state index contributed by atoms with van der Waals surface area (Å²) < 4.78 is 7.15. The molecule has 0 bridgehead atoms. The first-order valence-electron chi connectivity index (χ1n) is 12.2. The third-order valence-electron chi connectivity index (χ3n) is 6.58. The van der Waals surface area contributed by atoms with E-state index < -0.39 is 0 Å². The fraction of sp³-hybridized carbons (Fsp3) is 0.250. The zero-order chi connectivity index (χ0) is 26.6. The zero-order valence-electron chi connectivity index (χ0n) is 21.1. The van der Waals surface area contributed by atoms with Gasteiger partial charge in [-0.1, -0.05) is 42.3 Å². The van der Waals surface area contributed by atoms with Gasteiger partial charge in [0.05, 0.1) is 24.1 Å². The van der Waals surface area contributed by atoms with Gasteiger partial charge in [-0.3, -0.25) is 9.59 Å². The lowest BCUT2D eigenvalue weighted by Crippen LogP contribution is -2.44. The smallest absolute Gasteiger partial charge is 0.296 e. The summed E-state index contributed by atoms with van der Waals surface area (Å²) in [5, 5.41) is 11.4. The highest BCUT2D eigenvalue weighted by molar-refractivity contribution is 5.98. The van der Waals surface area contributed by atoms with E-state index in [4.69, 9.17) is 15.6 Å². The minimum atomic E-state index is -0.271. The minimum Gasteiger partial charge on any atom is -0.496 e. The van der Waals surface area contributed by atoms with E-state index in [0.29, 0.717) is 40.4 Å². The predicted molar refractivity (Wildman–Crippen MR) is 143 cm³/mol. The van der Waals surface area contributed by atoms with E-state index in [1.807, 2.05) is 35.0 Å². The lowest BCUT2D eigenvalue weighted by atomic mass is 9.87. The summed E-state index contributed by atoms with van der Waals surface area (Å²) in [6, 6.07) is 15.0. The molecular formula is C28H27N7O3. The number of carbonyl (C=O) groups excluding carboxylic acids is 2. The van der Waals surface area contributed by atoms with Crippen molar-refractivity contribution in [2.45, 2.75) is 38.4 Å². The molecule has 0 unspecified atom stereocenters. The molecule has 10 heteroatoms. The van der Waals surface area contributed by atoms with Crippen molar-refractivity contribution in [3.05, 3.63) is 66.0 Å². The number of ether oxygens (including phenoxy) is 1. The number of para-hydroxylation sites is 1. The number of nitrogens with two attached hydrogens (primary N) is 1. The summed E-state index contributed by atoms with van der Waals surface area (Å²) in [5.74, 6) is 5.51. The van der Waals surface area contributed by atoms with Gasteiger partial charge < -0.3 is 21.1 Å². The van der Waals surface area contributed by atoms with Crippen LogP contribution < -0.4 is 21.1 Å². The fourth-order valence-electron chi connectivity index (χ4n) is 4.58. The second kappa shape index (κ2) is 10.6. The maximum atomic E-state index is 12.6. The molecule has 38 heavy (non-hydrogen) atoms. The van der Waals surface area contributed by atoms with Gasteiger partial charge in [0.1, 0.15) is 23.6 Å². The molecule has 0 saturated heterocycles. The highest BCUT2D eigenvalue weighted by Crippen LogP contribution is 2.38. The number of fused-ring (bicyclic) bond motifs is 1. The van der Waals surface area contributed by atoms with E-state index in [9.17, 15) is 9.59 Å². The Morgan fingerprint density at radius 2 is 1.89 bits per heavy atom. The van der Waals surface area contributed by atoms with Crippen molar-refractivity contribution >= 4 is 28.7 Å². The van der Waals surface area contributed by atoms with Gasteiger partial charge in [-0.15, -0.1) is 0 Å². The number of hydrogen-bond acceptors (Lipinski definition) is 7. The van der Waals surface area contributed by atoms with E-state index in [1.165, 1.54) is 13.4 Å². The van der Waals surface area contributed by atoms with Gasteiger partial charge in [-0.05, 0) is 43.4 Å². The molecule has 5 rings (SSSR count). The molecule has 2 amide bonds. The fourth-order valence-corrected chi connectivity index (χ4v) is 4.58. The van der Waals surface area contributed by atoms with Gasteiger partial charge in [0.25, 0.3) is 11.8 Å². The molecule has 4 aromatic rings. The number of nitrogens with zero attached hydrogens (tertiary/aromatic N) is 4. The minimum absolute atomic E-state index is 0.0422. The molecule has 1 aliphatic rings. The van der Waals surface area contributed by atoms with Crippen LogP contribution in [0.5, 0.6) is 5.75 Å². The second-order valence-corrected chi connectivity index (χ2v) is 9.00. The molecule has 192 valence electrons. The van der Waals surface area contributed by atoms with Crippen molar-refractivity contribution in [3.8, 4) is 28.8 Å². The van der Waals surface area contributed by atoms with Crippen molar-refractivity contribution in [1.82, 2.24) is 30.4 Å². The van der Waals surface area contributed by atoms with Crippen LogP contribution in [0.2, 0.25) is 0 Å². The average Bonchev–Trinajstić information content (AvgIpc) is 3.30. The molecule has 2 aromatic carbocycles. The van der Waals surface area contributed by atoms with Crippen LogP contribution in [0, 0.1) is 11.8 Å². The first kappa shape index (κ1) is 24.8. The van der Waals surface area contributed by atoms with Crippen molar-refractivity contribution in [1.29, 1.82) is 0 Å². The van der Waals surface area contributed by atoms with Crippen molar-refractivity contribution in [3.63, 3.8) is 0 Å². The van der Waals surface area contributed by atoms with Crippen LogP contribution in [0.25, 0.3) is 22.3 Å². The van der Waals surface area contributed by atoms with Gasteiger partial charge in [-0.25, -0.2) is 14.6 Å². The van der Waals surface area contributed by atoms with Crippen LogP contribution in [0.1, 0.15) is 41.7 Å². The molecule has 0 atom stereocenters. The quantitative estimate of drug-likeness (QED) is 0.326. The van der Waals surface area contributed by atoms with Crippen LogP contribution >= 0.6 is 0 Å². The summed E-state index contributed by atoms with van der Waals surface area (Å²) in [6.45, 7) is 1.99. The number of amides is 2. The van der Waals surface area contributed by atoms with Crippen LogP contribution in [-0.2, 0) is 11.3 Å². The number of hydrogen-bond donors (Lipinski definition) is 3. The lowest BCUT2D eigenvalue weighted by molar-refractivity contribution is -0.117. The maximum absolute atomic E-state index is 12.6. The zero-order valence-corrected chi connectivity index (χ0v) is 21.1. The molecule has 10 nitrogen and oxygen atoms in total. The van der Waals surface area contributed by atoms with E-state index >= 15 is 0 Å². The summed E-state index contributed by atoms with van der Waals surface area (Å²) in [5.41, 5.74) is 9.86. The first-order chi connectivity index (χ1) is 18.5. The largest absolute Gasteiger partial charge is 0.496 e. The van der Waals surface area contributed by atoms with E-state index in [0.717, 1.165) is 24.0 Å². The number of carbonyl (C=O) groups is 2. The second-order valence-electron chi connectivity index (χ2n) is 9.00. The van der Waals surface area contributed by atoms with Gasteiger partial charge >= 0.3 is 0 Å². The maximum Gasteiger partial charge on any atom is 0.296 e. The number of nitrogen functional groups attached to an aromatic ring is 1. The molecule has 0 spiro atoms. The Balaban J connectivity index is 1.33. The Bertz CT molecular complexity index is 1560. The molecule has 2 aromatic heterocycles. The van der Waals surface area contributed by atoms with Crippen molar-refractivity contribution in [2.75, 3.05) is 12.8 Å². The molecule has 4 N–H and O–H groups in total. The van der Waals surface area contributed by atoms with Crippen molar-refractivity contribution < 1.29 is 14.3 Å². The number of anilines is 1. The van der Waals surface area contributed by atoms with Gasteiger partial charge in [0.2, 0.25) is 0 Å². The number of aromatic nitrogens is 4. The molecule has 0 radical (unpaired) electrons. The third-order valence-corrected chi connectivity index (χ3v) is 6.58. The van der Waals surface area contributed by atoms with Crippen molar-refractivity contribution in [2.24, 2.45) is 0 Å². The predicted octanol–water partition coefficient (Wildman–Crippen LogP) is 2.86. The number of rotatable bonds is 7. The molecule has 1 fully saturated rings. The molecule has 2 heterocycles. The third kappa shape index (κ3) is 4.86. The Kier molecular flexibility index (Phi) is 6.91. The monoisotopic (exact) mass is 509 g/mol. The van der Waals surface area contributed by atoms with Gasteiger partial charge in [0.15, 0.2) is 5.65 Å². The summed E-state index contributed by atoms with van der Waals surface area (Å²) >= 11 is 0. The number of benzene rings is 2. The topological polar surface area (TPSA) is 137 Å². The lowest BCUT2D eigenvalue weighted by Gasteiger charge is -2.35. The Morgan fingerprint density at radius 1 is 1.13 bits per heavy atom. The standard InChI is InChI=1S/C28H27N7O3/c1-3-6-23(36)33-19-13-20(14-19)35-27-24(26(29)31-16-32-27)25(34-35)18-11-9-17(10-12-18)15-30-28(37)21-7-4-5-8-22(21)38-2/h4-5,7-12,16,19-20H,13-15H2,1-2H3,(H,30,37)(H,33,36)(H2,29,31,32). The number of methoxy groups -OCH3 is 1. The Morgan fingerprint density at radius 3 is 2.63 bits per heavy atom. The van der Waals surface area contributed by atoms with Crippen LogP contribution in [0.15, 0.2) is 54.9 Å². The SMILES string of the molecule is CC#CC(=O)NC1CC(n2nc(-c3ccc(CNC(=O)c4ccccc4OC)cc3)c3c(N)ncnc32)C1. The van der Waals surface area contributed by atoms with E-state index in [-0.39, 0.29) is 23.9 Å². The molecular weight excluding hydrogens is 482 g/mol. The van der Waals surface area contributed by atoms with E-state index in [2.05, 4.69) is 32.4 Å². The summed E-state index contributed by atoms with van der Waals surface area (Å²) in [6.07, 6.45) is 2.88. The molecule has 1 saturated carbocycles. The van der Waals surface area contributed by atoms with Crippen LogP contribution in [0.3, 0.4) is 0 Å². The first-order valence-corrected chi connectivity index (χ1v) is 12.2. The van der Waals surface area contributed by atoms with E-state index in [1.54, 1.807) is 25.1 Å². The number of nitrogens with one attached hydrogen (secondary N) is 2. The Labute approximate surface area is 219 Å². The molecule has 0 aliphatic heterocycles. The Hall–Kier alpha value is -4.91. The van der Waals surface area contributed by atoms with Crippen LogP contribution in [0.4, 0.5) is 5.82 Å². The van der Waals surface area contributed by atoms with Gasteiger partial charge in [0, 0.05) is 18.2 Å². The summed E-state index contributed by atoms with van der Waals surface area (Å²) in [4.78, 5) is 33.0. The highest BCUT2D eigenvalue weighted by atomic mass is 16.5. The van der Waals surface area contributed by atoms with Gasteiger partial charge in [-0.2, -0.15) is 5.10 Å². The summed E-state index contributed by atoms with van der Waals surface area (Å²) in [7, 11) is 1.54. The normalized spacial score (nSPS) is 16.2. The highest BCUT2D eigenvalue weighted by Gasteiger charge is 2.34. The molecule has 1 aliphatic carbocycles. The average molecular weight is 510 g/mol.